The zero-order valence-electron chi connectivity index (χ0n) is 18.8. The number of nitrogens with one attached hydrogen (secondary N) is 1. The summed E-state index contributed by atoms with van der Waals surface area (Å²) in [6, 6.07) is 15.4. The molecule has 5 rings (SSSR count). The lowest BCUT2D eigenvalue weighted by Crippen LogP contribution is -2.09. The number of aromatic nitrogens is 4. The van der Waals surface area contributed by atoms with Crippen molar-refractivity contribution in [1.29, 1.82) is 0 Å². The Hall–Kier alpha value is -4.66. The Morgan fingerprint density at radius 1 is 0.971 bits per heavy atom. The number of para-hydroxylation sites is 2. The summed E-state index contributed by atoms with van der Waals surface area (Å²) in [5.74, 6) is -3.06. The fraction of sp³-hybridized carbons (Fsp3) is 0.0769. The van der Waals surface area contributed by atoms with Crippen molar-refractivity contribution in [3.63, 3.8) is 0 Å². The lowest BCUT2D eigenvalue weighted by atomic mass is 10.0. The zero-order chi connectivity index (χ0) is 24.7. The lowest BCUT2D eigenvalue weighted by molar-refractivity contribution is 0.0698. The van der Waals surface area contributed by atoms with Gasteiger partial charge in [-0.15, -0.1) is 0 Å². The zero-order valence-corrected chi connectivity index (χ0v) is 18.8. The molecule has 0 atom stereocenters. The number of halogens is 2. The van der Waals surface area contributed by atoms with Crippen molar-refractivity contribution in [3.8, 4) is 16.8 Å². The molecule has 2 heterocycles. The Morgan fingerprint density at radius 2 is 1.71 bits per heavy atom. The number of aryl methyl sites for hydroxylation is 2. The van der Waals surface area contributed by atoms with Gasteiger partial charge >= 0.3 is 5.97 Å². The number of nitrogens with zero attached hydrogens (tertiary/aromatic N) is 4. The molecule has 0 radical (unpaired) electrons. The van der Waals surface area contributed by atoms with Gasteiger partial charge in [0.2, 0.25) is 0 Å². The number of hydrogen-bond donors (Lipinski definition) is 2. The van der Waals surface area contributed by atoms with Crippen molar-refractivity contribution in [2.24, 2.45) is 0 Å². The van der Waals surface area contributed by atoms with Crippen LogP contribution in [0.2, 0.25) is 0 Å². The fourth-order valence-electron chi connectivity index (χ4n) is 4.08. The fourth-order valence-corrected chi connectivity index (χ4v) is 4.08. The van der Waals surface area contributed by atoms with Gasteiger partial charge < -0.3 is 10.4 Å². The molecular formula is C26H19F2N5O2. The highest BCUT2D eigenvalue weighted by Gasteiger charge is 2.26. The normalized spacial score (nSPS) is 11.1. The van der Waals surface area contributed by atoms with Gasteiger partial charge in [-0.1, -0.05) is 30.3 Å². The molecule has 0 saturated heterocycles. The molecule has 0 saturated carbocycles. The summed E-state index contributed by atoms with van der Waals surface area (Å²) in [4.78, 5) is 20.0. The first kappa shape index (κ1) is 22.1. The number of aromatic carboxylic acids is 1. The standard InChI is InChI=1S/C26H19F2N5O2/c1-14-7-6-10-17(26(34)35)23(14)31-25-20(15(2)32-33(25)16-8-4-3-5-9-16)18-13-19-24(22(28)21(18)27)30-12-11-29-19/h3-13,31H,1-2H3,(H,34,35). The van der Waals surface area contributed by atoms with E-state index in [-0.39, 0.29) is 33.5 Å². The van der Waals surface area contributed by atoms with Crippen LogP contribution in [0.4, 0.5) is 20.3 Å². The maximum Gasteiger partial charge on any atom is 0.337 e. The second kappa shape index (κ2) is 8.60. The van der Waals surface area contributed by atoms with Gasteiger partial charge in [0, 0.05) is 18.0 Å². The third kappa shape index (κ3) is 3.76. The molecule has 7 nitrogen and oxygen atoms in total. The number of benzene rings is 3. The van der Waals surface area contributed by atoms with E-state index in [1.807, 2.05) is 18.2 Å². The molecule has 0 bridgehead atoms. The predicted molar refractivity (Wildman–Crippen MR) is 128 cm³/mol. The second-order valence-electron chi connectivity index (χ2n) is 7.96. The van der Waals surface area contributed by atoms with E-state index >= 15 is 4.39 Å². The van der Waals surface area contributed by atoms with Crippen molar-refractivity contribution < 1.29 is 18.7 Å². The van der Waals surface area contributed by atoms with Gasteiger partial charge in [0.25, 0.3) is 0 Å². The maximum absolute atomic E-state index is 15.4. The van der Waals surface area contributed by atoms with E-state index in [2.05, 4.69) is 20.4 Å². The number of rotatable bonds is 5. The van der Waals surface area contributed by atoms with Gasteiger partial charge in [-0.05, 0) is 43.7 Å². The van der Waals surface area contributed by atoms with Gasteiger partial charge in [-0.25, -0.2) is 23.2 Å². The molecule has 0 fully saturated rings. The van der Waals surface area contributed by atoms with Crippen LogP contribution in [0, 0.1) is 25.5 Å². The van der Waals surface area contributed by atoms with Crippen molar-refractivity contribution in [1.82, 2.24) is 19.7 Å². The molecule has 9 heteroatoms. The van der Waals surface area contributed by atoms with Crippen molar-refractivity contribution in [3.05, 3.63) is 95.4 Å². The minimum atomic E-state index is -1.13. The van der Waals surface area contributed by atoms with E-state index in [1.165, 1.54) is 24.5 Å². The van der Waals surface area contributed by atoms with E-state index in [0.29, 0.717) is 22.6 Å². The van der Waals surface area contributed by atoms with Crippen molar-refractivity contribution in [2.45, 2.75) is 13.8 Å². The maximum atomic E-state index is 15.4. The van der Waals surface area contributed by atoms with Gasteiger partial charge in [0.15, 0.2) is 11.6 Å². The van der Waals surface area contributed by atoms with Crippen molar-refractivity contribution in [2.75, 3.05) is 5.32 Å². The van der Waals surface area contributed by atoms with Gasteiger partial charge in [-0.3, -0.25) is 4.98 Å². The van der Waals surface area contributed by atoms with Crippen LogP contribution in [0.25, 0.3) is 27.8 Å². The first-order valence-corrected chi connectivity index (χ1v) is 10.7. The minimum Gasteiger partial charge on any atom is -0.478 e. The van der Waals surface area contributed by atoms with Crippen LogP contribution in [0.5, 0.6) is 0 Å². The topological polar surface area (TPSA) is 92.9 Å². The summed E-state index contributed by atoms with van der Waals surface area (Å²) in [5, 5.41) is 17.5. The molecule has 2 aromatic heterocycles. The van der Waals surface area contributed by atoms with Crippen LogP contribution in [-0.2, 0) is 0 Å². The molecule has 174 valence electrons. The average Bonchev–Trinajstić information content (AvgIpc) is 3.18. The van der Waals surface area contributed by atoms with Crippen LogP contribution in [0.3, 0.4) is 0 Å². The molecule has 0 unspecified atom stereocenters. The van der Waals surface area contributed by atoms with Gasteiger partial charge in [-0.2, -0.15) is 5.10 Å². The monoisotopic (exact) mass is 471 g/mol. The third-order valence-electron chi connectivity index (χ3n) is 5.72. The summed E-state index contributed by atoms with van der Waals surface area (Å²) in [6.07, 6.45) is 2.69. The average molecular weight is 471 g/mol. The summed E-state index contributed by atoms with van der Waals surface area (Å²) >= 11 is 0. The predicted octanol–water partition coefficient (Wildman–Crippen LogP) is 5.82. The summed E-state index contributed by atoms with van der Waals surface area (Å²) in [5.41, 5.74) is 2.28. The molecule has 2 N–H and O–H groups in total. The molecule has 35 heavy (non-hydrogen) atoms. The first-order valence-electron chi connectivity index (χ1n) is 10.7. The van der Waals surface area contributed by atoms with E-state index in [4.69, 9.17) is 0 Å². The Kier molecular flexibility index (Phi) is 5.44. The number of carbonyl (C=O) groups is 1. The quantitative estimate of drug-likeness (QED) is 0.336. The number of anilines is 2. The smallest absolute Gasteiger partial charge is 0.337 e. The van der Waals surface area contributed by atoms with E-state index in [1.54, 1.807) is 42.8 Å². The molecule has 5 aromatic rings. The largest absolute Gasteiger partial charge is 0.478 e. The van der Waals surface area contributed by atoms with E-state index in [0.717, 1.165) is 0 Å². The highest BCUT2D eigenvalue weighted by atomic mass is 19.2. The SMILES string of the molecule is Cc1cccc(C(=O)O)c1Nc1c(-c2cc3nccnc3c(F)c2F)c(C)nn1-c1ccccc1. The summed E-state index contributed by atoms with van der Waals surface area (Å²) in [6.45, 7) is 3.44. The number of hydrogen-bond acceptors (Lipinski definition) is 5. The summed E-state index contributed by atoms with van der Waals surface area (Å²) < 4.78 is 32.0. The number of carboxylic acid groups (broad SMARTS) is 1. The summed E-state index contributed by atoms with van der Waals surface area (Å²) in [7, 11) is 0. The Labute approximate surface area is 198 Å². The van der Waals surface area contributed by atoms with Crippen molar-refractivity contribution >= 4 is 28.5 Å². The van der Waals surface area contributed by atoms with Gasteiger partial charge in [0.05, 0.1) is 33.7 Å². The van der Waals surface area contributed by atoms with Crippen LogP contribution >= 0.6 is 0 Å². The number of carboxylic acids is 1. The molecule has 0 aliphatic rings. The highest BCUT2D eigenvalue weighted by molar-refractivity contribution is 5.97. The number of fused-ring (bicyclic) bond motifs is 1. The van der Waals surface area contributed by atoms with E-state index in [9.17, 15) is 14.3 Å². The van der Waals surface area contributed by atoms with Crippen LogP contribution < -0.4 is 5.32 Å². The third-order valence-corrected chi connectivity index (χ3v) is 5.72. The minimum absolute atomic E-state index is 0.0328. The molecule has 0 aliphatic carbocycles. The Bertz CT molecular complexity index is 1600. The molecule has 0 aliphatic heterocycles. The van der Waals surface area contributed by atoms with Crippen LogP contribution in [0.15, 0.2) is 67.0 Å². The molecule has 0 amide bonds. The van der Waals surface area contributed by atoms with Gasteiger partial charge in [0.1, 0.15) is 11.3 Å². The van der Waals surface area contributed by atoms with Crippen LogP contribution in [-0.4, -0.2) is 30.8 Å². The van der Waals surface area contributed by atoms with E-state index < -0.39 is 17.6 Å². The first-order chi connectivity index (χ1) is 16.9. The van der Waals surface area contributed by atoms with Crippen LogP contribution in [0.1, 0.15) is 21.6 Å². The lowest BCUT2D eigenvalue weighted by Gasteiger charge is -2.17. The molecular weight excluding hydrogens is 452 g/mol. The Morgan fingerprint density at radius 3 is 2.46 bits per heavy atom. The highest BCUT2D eigenvalue weighted by Crippen LogP contribution is 2.39. The Balaban J connectivity index is 1.82. The molecule has 3 aromatic carbocycles. The molecule has 0 spiro atoms. The second-order valence-corrected chi connectivity index (χ2v) is 7.96.